The van der Waals surface area contributed by atoms with Crippen molar-refractivity contribution in [2.24, 2.45) is 0 Å². The molecule has 0 aromatic carbocycles. The molecule has 0 bridgehead atoms. The summed E-state index contributed by atoms with van der Waals surface area (Å²) in [5, 5.41) is 12.8. The van der Waals surface area contributed by atoms with Gasteiger partial charge in [-0.1, -0.05) is 206 Å². The molecule has 4 N–H and O–H groups in total. The molecule has 0 radical (unpaired) electrons. The van der Waals surface area contributed by atoms with Crippen LogP contribution in [-0.2, 0) is 9.59 Å². The number of hydrogen-bond donors (Lipinski definition) is 4. The minimum Gasteiger partial charge on any atom is -0.356 e. The van der Waals surface area contributed by atoms with E-state index in [0.717, 1.165) is 39.0 Å². The molecule has 0 saturated heterocycles. The first-order chi connectivity index (χ1) is 24.7. The first kappa shape index (κ1) is 48.9. The highest BCUT2D eigenvalue weighted by atomic mass is 16.2. The quantitative estimate of drug-likeness (QED) is 0.0476. The highest BCUT2D eigenvalue weighted by Crippen LogP contribution is 2.15. The van der Waals surface area contributed by atoms with Gasteiger partial charge in [-0.05, 0) is 12.8 Å². The molecule has 0 heterocycles. The molecule has 0 fully saturated rings. The molecular weight excluding hydrogens is 617 g/mol. The van der Waals surface area contributed by atoms with E-state index in [2.05, 4.69) is 35.1 Å². The second kappa shape index (κ2) is 44.0. The van der Waals surface area contributed by atoms with Crippen molar-refractivity contribution in [1.29, 1.82) is 0 Å². The molecule has 6 heteroatoms. The molecule has 0 rings (SSSR count). The lowest BCUT2D eigenvalue weighted by Gasteiger charge is -2.08. The first-order valence-corrected chi connectivity index (χ1v) is 22.7. The van der Waals surface area contributed by atoms with Crippen LogP contribution >= 0.6 is 0 Å². The lowest BCUT2D eigenvalue weighted by atomic mass is 10.0. The fourth-order valence-corrected chi connectivity index (χ4v) is 6.81. The van der Waals surface area contributed by atoms with Crippen molar-refractivity contribution in [2.75, 3.05) is 39.3 Å². The number of rotatable bonds is 43. The standard InChI is InChI=1S/C44H90N4O2/c1-3-5-7-9-11-13-15-17-19-21-23-25-27-29-31-33-37-47-43(49)35-39-45-41-42-46-40-36-44(50)48-38-34-32-30-28-26-24-22-20-18-16-14-12-10-8-6-4-2/h45-46H,3-42H2,1-2H3,(H,47,49)(H,48,50). The Balaban J connectivity index is 3.23. The molecule has 2 amide bonds. The van der Waals surface area contributed by atoms with Gasteiger partial charge >= 0.3 is 0 Å². The molecule has 0 spiro atoms. The maximum Gasteiger partial charge on any atom is 0.221 e. The zero-order valence-electron chi connectivity index (χ0n) is 34.1. The summed E-state index contributed by atoms with van der Waals surface area (Å²) in [6, 6.07) is 0. The van der Waals surface area contributed by atoms with Crippen LogP contribution in [0.15, 0.2) is 0 Å². The van der Waals surface area contributed by atoms with Gasteiger partial charge < -0.3 is 21.3 Å². The number of unbranched alkanes of at least 4 members (excludes halogenated alkanes) is 30. The monoisotopic (exact) mass is 707 g/mol. The minimum atomic E-state index is 0.146. The predicted molar refractivity (Wildman–Crippen MR) is 220 cm³/mol. The normalized spacial score (nSPS) is 11.3. The summed E-state index contributed by atoms with van der Waals surface area (Å²) in [5.41, 5.74) is 0. The summed E-state index contributed by atoms with van der Waals surface area (Å²) in [6.45, 7) is 9.21. The Bertz CT molecular complexity index is 618. The number of hydrogen-bond acceptors (Lipinski definition) is 4. The largest absolute Gasteiger partial charge is 0.356 e. The van der Waals surface area contributed by atoms with E-state index in [4.69, 9.17) is 0 Å². The van der Waals surface area contributed by atoms with E-state index in [0.29, 0.717) is 25.9 Å². The topological polar surface area (TPSA) is 82.3 Å². The van der Waals surface area contributed by atoms with Gasteiger partial charge in [-0.2, -0.15) is 0 Å². The van der Waals surface area contributed by atoms with Gasteiger partial charge in [0.15, 0.2) is 0 Å². The Hall–Kier alpha value is -1.14. The lowest BCUT2D eigenvalue weighted by Crippen LogP contribution is -2.33. The Kier molecular flexibility index (Phi) is 43.0. The molecule has 0 atom stereocenters. The molecule has 0 aliphatic carbocycles. The van der Waals surface area contributed by atoms with E-state index in [-0.39, 0.29) is 11.8 Å². The Morgan fingerprint density at radius 1 is 0.280 bits per heavy atom. The molecule has 0 aliphatic heterocycles. The number of nitrogens with one attached hydrogen (secondary N) is 4. The number of carbonyl (C=O) groups is 2. The molecule has 50 heavy (non-hydrogen) atoms. The van der Waals surface area contributed by atoms with Crippen LogP contribution in [0.4, 0.5) is 0 Å². The fourth-order valence-electron chi connectivity index (χ4n) is 6.81. The van der Waals surface area contributed by atoms with E-state index < -0.39 is 0 Å². The van der Waals surface area contributed by atoms with Crippen molar-refractivity contribution in [1.82, 2.24) is 21.3 Å². The van der Waals surface area contributed by atoms with Gasteiger partial charge in [0.05, 0.1) is 0 Å². The van der Waals surface area contributed by atoms with Crippen molar-refractivity contribution in [2.45, 2.75) is 232 Å². The fraction of sp³-hybridized carbons (Fsp3) is 0.955. The van der Waals surface area contributed by atoms with Crippen LogP contribution in [0.5, 0.6) is 0 Å². The summed E-state index contributed by atoms with van der Waals surface area (Å²) in [6.07, 6.45) is 44.9. The summed E-state index contributed by atoms with van der Waals surface area (Å²) in [4.78, 5) is 24.1. The average molecular weight is 707 g/mol. The third-order valence-electron chi connectivity index (χ3n) is 10.2. The highest BCUT2D eigenvalue weighted by Gasteiger charge is 2.02. The molecule has 0 aliphatic rings. The van der Waals surface area contributed by atoms with Gasteiger partial charge in [0.25, 0.3) is 0 Å². The zero-order valence-corrected chi connectivity index (χ0v) is 34.1. The van der Waals surface area contributed by atoms with Crippen molar-refractivity contribution in [3.05, 3.63) is 0 Å². The Morgan fingerprint density at radius 3 is 0.740 bits per heavy atom. The Morgan fingerprint density at radius 2 is 0.500 bits per heavy atom. The Labute approximate surface area is 313 Å². The molecule has 0 saturated carbocycles. The lowest BCUT2D eigenvalue weighted by molar-refractivity contribution is -0.121. The molecule has 0 unspecified atom stereocenters. The maximum atomic E-state index is 12.1. The SMILES string of the molecule is CCCCCCCCCCCCCCCCCCNC(=O)CCNCCNCCC(=O)NCCCCCCCCCCCCCCCCCC. The summed E-state index contributed by atoms with van der Waals surface area (Å²) < 4.78 is 0. The van der Waals surface area contributed by atoms with Gasteiger partial charge in [-0.3, -0.25) is 9.59 Å². The van der Waals surface area contributed by atoms with Crippen LogP contribution in [0.2, 0.25) is 0 Å². The maximum absolute atomic E-state index is 12.1. The van der Waals surface area contributed by atoms with Gasteiger partial charge in [0.1, 0.15) is 0 Å². The highest BCUT2D eigenvalue weighted by molar-refractivity contribution is 5.76. The smallest absolute Gasteiger partial charge is 0.221 e. The van der Waals surface area contributed by atoms with Gasteiger partial charge in [-0.15, -0.1) is 0 Å². The van der Waals surface area contributed by atoms with Crippen LogP contribution in [-0.4, -0.2) is 51.1 Å². The first-order valence-electron chi connectivity index (χ1n) is 22.7. The minimum absolute atomic E-state index is 0.146. The van der Waals surface area contributed by atoms with Gasteiger partial charge in [0.2, 0.25) is 11.8 Å². The van der Waals surface area contributed by atoms with Gasteiger partial charge in [0, 0.05) is 52.1 Å². The van der Waals surface area contributed by atoms with Crippen LogP contribution in [0, 0.1) is 0 Å². The number of carbonyl (C=O) groups excluding carboxylic acids is 2. The van der Waals surface area contributed by atoms with Crippen molar-refractivity contribution < 1.29 is 9.59 Å². The van der Waals surface area contributed by atoms with Crippen LogP contribution in [0.3, 0.4) is 0 Å². The van der Waals surface area contributed by atoms with Gasteiger partial charge in [-0.25, -0.2) is 0 Å². The molecular formula is C44H90N4O2. The second-order valence-corrected chi connectivity index (χ2v) is 15.3. The molecule has 0 aromatic rings. The summed E-state index contributed by atoms with van der Waals surface area (Å²) in [5.74, 6) is 0.292. The van der Waals surface area contributed by atoms with E-state index in [1.165, 1.54) is 193 Å². The van der Waals surface area contributed by atoms with E-state index in [1.807, 2.05) is 0 Å². The molecule has 298 valence electrons. The zero-order chi connectivity index (χ0) is 36.3. The van der Waals surface area contributed by atoms with E-state index in [9.17, 15) is 9.59 Å². The van der Waals surface area contributed by atoms with Crippen LogP contribution in [0.25, 0.3) is 0 Å². The average Bonchev–Trinajstić information content (AvgIpc) is 3.12. The molecule has 6 nitrogen and oxygen atoms in total. The van der Waals surface area contributed by atoms with E-state index >= 15 is 0 Å². The summed E-state index contributed by atoms with van der Waals surface area (Å²) in [7, 11) is 0. The van der Waals surface area contributed by atoms with Crippen molar-refractivity contribution in [3.63, 3.8) is 0 Å². The summed E-state index contributed by atoms with van der Waals surface area (Å²) >= 11 is 0. The molecule has 0 aromatic heterocycles. The van der Waals surface area contributed by atoms with Crippen molar-refractivity contribution in [3.8, 4) is 0 Å². The second-order valence-electron chi connectivity index (χ2n) is 15.3. The third-order valence-corrected chi connectivity index (χ3v) is 10.2. The van der Waals surface area contributed by atoms with Crippen LogP contribution in [0.1, 0.15) is 232 Å². The number of amides is 2. The van der Waals surface area contributed by atoms with Crippen LogP contribution < -0.4 is 21.3 Å². The van der Waals surface area contributed by atoms with E-state index in [1.54, 1.807) is 0 Å². The van der Waals surface area contributed by atoms with Crippen molar-refractivity contribution >= 4 is 11.8 Å². The predicted octanol–water partition coefficient (Wildman–Crippen LogP) is 11.7. The third kappa shape index (κ3) is 43.0.